The first kappa shape index (κ1) is 14.9. The number of aromatic nitrogens is 1. The fourth-order valence-electron chi connectivity index (χ4n) is 2.38. The van der Waals surface area contributed by atoms with Gasteiger partial charge in [0, 0.05) is 30.3 Å². The van der Waals surface area contributed by atoms with Crippen molar-refractivity contribution in [2.75, 3.05) is 5.32 Å². The molecule has 1 heterocycles. The summed E-state index contributed by atoms with van der Waals surface area (Å²) in [5.74, 6) is 0. The maximum Gasteiger partial charge on any atom is 0.319 e. The lowest BCUT2D eigenvalue weighted by atomic mass is 10.1. The molecule has 0 unspecified atom stereocenters. The molecule has 0 bridgehead atoms. The van der Waals surface area contributed by atoms with E-state index < -0.39 is 0 Å². The van der Waals surface area contributed by atoms with Crippen LogP contribution in [-0.2, 0) is 6.54 Å². The molecule has 116 valence electrons. The van der Waals surface area contributed by atoms with Gasteiger partial charge in [-0.15, -0.1) is 0 Å². The molecule has 3 aromatic rings. The van der Waals surface area contributed by atoms with E-state index >= 15 is 0 Å². The van der Waals surface area contributed by atoms with Gasteiger partial charge < -0.3 is 15.2 Å². The standard InChI is InChI=1S/C19H19N3O/c1-15-6-2-3-7-16(15)14-20-19(23)21-17-8-10-18(11-9-17)22-12-4-5-13-22/h2-13H,14H2,1H3,(H2,20,21,23). The zero-order valence-electron chi connectivity index (χ0n) is 13.0. The van der Waals surface area contributed by atoms with Gasteiger partial charge in [0.05, 0.1) is 0 Å². The predicted molar refractivity (Wildman–Crippen MR) is 92.8 cm³/mol. The molecule has 0 fully saturated rings. The van der Waals surface area contributed by atoms with Gasteiger partial charge in [-0.3, -0.25) is 0 Å². The number of nitrogens with zero attached hydrogens (tertiary/aromatic N) is 1. The van der Waals surface area contributed by atoms with Crippen LogP contribution in [0.1, 0.15) is 11.1 Å². The fourth-order valence-corrected chi connectivity index (χ4v) is 2.38. The van der Waals surface area contributed by atoms with E-state index in [1.54, 1.807) is 0 Å². The molecule has 0 saturated carbocycles. The average Bonchev–Trinajstić information content (AvgIpc) is 3.09. The van der Waals surface area contributed by atoms with E-state index in [-0.39, 0.29) is 6.03 Å². The summed E-state index contributed by atoms with van der Waals surface area (Å²) >= 11 is 0. The number of aryl methyl sites for hydroxylation is 1. The van der Waals surface area contributed by atoms with Gasteiger partial charge in [-0.05, 0) is 54.4 Å². The molecule has 0 aliphatic carbocycles. The number of rotatable bonds is 4. The van der Waals surface area contributed by atoms with E-state index in [4.69, 9.17) is 0 Å². The maximum absolute atomic E-state index is 12.0. The zero-order chi connectivity index (χ0) is 16.1. The first-order valence-electron chi connectivity index (χ1n) is 7.55. The van der Waals surface area contributed by atoms with Crippen molar-refractivity contribution in [3.8, 4) is 5.69 Å². The number of nitrogens with one attached hydrogen (secondary N) is 2. The van der Waals surface area contributed by atoms with Crippen molar-refractivity contribution < 1.29 is 4.79 Å². The number of amides is 2. The highest BCUT2D eigenvalue weighted by molar-refractivity contribution is 5.89. The molecule has 4 nitrogen and oxygen atoms in total. The van der Waals surface area contributed by atoms with Crippen molar-refractivity contribution >= 4 is 11.7 Å². The summed E-state index contributed by atoms with van der Waals surface area (Å²) < 4.78 is 2.02. The fraction of sp³-hybridized carbons (Fsp3) is 0.105. The highest BCUT2D eigenvalue weighted by atomic mass is 16.2. The first-order valence-corrected chi connectivity index (χ1v) is 7.55. The molecule has 0 spiro atoms. The summed E-state index contributed by atoms with van der Waals surface area (Å²) in [5.41, 5.74) is 4.11. The number of hydrogen-bond donors (Lipinski definition) is 2. The van der Waals surface area contributed by atoms with Gasteiger partial charge in [-0.2, -0.15) is 0 Å². The Balaban J connectivity index is 1.57. The van der Waals surface area contributed by atoms with E-state index in [1.807, 2.05) is 84.5 Å². The van der Waals surface area contributed by atoms with Crippen LogP contribution in [0.15, 0.2) is 73.1 Å². The molecule has 23 heavy (non-hydrogen) atoms. The van der Waals surface area contributed by atoms with E-state index in [2.05, 4.69) is 10.6 Å². The van der Waals surface area contributed by atoms with Gasteiger partial charge in [-0.25, -0.2) is 4.79 Å². The van der Waals surface area contributed by atoms with Gasteiger partial charge in [0.2, 0.25) is 0 Å². The third-order valence-electron chi connectivity index (χ3n) is 3.73. The zero-order valence-corrected chi connectivity index (χ0v) is 13.0. The highest BCUT2D eigenvalue weighted by Gasteiger charge is 2.03. The number of benzene rings is 2. The lowest BCUT2D eigenvalue weighted by molar-refractivity contribution is 0.251. The Morgan fingerprint density at radius 2 is 1.65 bits per heavy atom. The summed E-state index contributed by atoms with van der Waals surface area (Å²) in [6.45, 7) is 2.55. The molecule has 4 heteroatoms. The van der Waals surface area contributed by atoms with Gasteiger partial charge in [-0.1, -0.05) is 24.3 Å². The summed E-state index contributed by atoms with van der Waals surface area (Å²) in [5, 5.41) is 5.72. The number of carbonyl (C=O) groups is 1. The Hall–Kier alpha value is -3.01. The number of hydrogen-bond acceptors (Lipinski definition) is 1. The van der Waals surface area contributed by atoms with Crippen LogP contribution in [0.3, 0.4) is 0 Å². The minimum absolute atomic E-state index is 0.207. The van der Waals surface area contributed by atoms with Crippen molar-refractivity contribution in [2.24, 2.45) is 0 Å². The maximum atomic E-state index is 12.0. The summed E-state index contributed by atoms with van der Waals surface area (Å²) in [7, 11) is 0. The van der Waals surface area contributed by atoms with Crippen molar-refractivity contribution in [3.05, 3.63) is 84.2 Å². The number of urea groups is 1. The van der Waals surface area contributed by atoms with Crippen LogP contribution < -0.4 is 10.6 Å². The van der Waals surface area contributed by atoms with Gasteiger partial charge in [0.15, 0.2) is 0 Å². The summed E-state index contributed by atoms with van der Waals surface area (Å²) in [4.78, 5) is 12.0. The third kappa shape index (κ3) is 3.80. The van der Waals surface area contributed by atoms with Crippen LogP contribution >= 0.6 is 0 Å². The van der Waals surface area contributed by atoms with Crippen LogP contribution in [0.4, 0.5) is 10.5 Å². The monoisotopic (exact) mass is 305 g/mol. The Bertz CT molecular complexity index is 777. The number of anilines is 1. The molecule has 0 aliphatic rings. The van der Waals surface area contributed by atoms with Crippen molar-refractivity contribution in [3.63, 3.8) is 0 Å². The molecule has 0 radical (unpaired) electrons. The van der Waals surface area contributed by atoms with E-state index in [0.717, 1.165) is 16.9 Å². The SMILES string of the molecule is Cc1ccccc1CNC(=O)Nc1ccc(-n2cccc2)cc1. The molecule has 0 atom stereocenters. The van der Waals surface area contributed by atoms with Crippen LogP contribution in [0.2, 0.25) is 0 Å². The van der Waals surface area contributed by atoms with Crippen molar-refractivity contribution in [1.29, 1.82) is 0 Å². The second kappa shape index (κ2) is 6.83. The Labute approximate surface area is 135 Å². The highest BCUT2D eigenvalue weighted by Crippen LogP contribution is 2.13. The van der Waals surface area contributed by atoms with E-state index in [1.165, 1.54) is 5.56 Å². The van der Waals surface area contributed by atoms with Gasteiger partial charge >= 0.3 is 6.03 Å². The van der Waals surface area contributed by atoms with Crippen LogP contribution in [0, 0.1) is 6.92 Å². The van der Waals surface area contributed by atoms with Crippen LogP contribution in [-0.4, -0.2) is 10.6 Å². The topological polar surface area (TPSA) is 46.1 Å². The Morgan fingerprint density at radius 3 is 2.35 bits per heavy atom. The molecule has 3 rings (SSSR count). The number of carbonyl (C=O) groups excluding carboxylic acids is 1. The molecule has 0 aliphatic heterocycles. The lowest BCUT2D eigenvalue weighted by Crippen LogP contribution is -2.28. The van der Waals surface area contributed by atoms with E-state index in [9.17, 15) is 4.79 Å². The average molecular weight is 305 g/mol. The van der Waals surface area contributed by atoms with Crippen molar-refractivity contribution in [1.82, 2.24) is 9.88 Å². The minimum Gasteiger partial charge on any atom is -0.334 e. The quantitative estimate of drug-likeness (QED) is 0.748. The molecule has 2 amide bonds. The molecular formula is C19H19N3O. The Morgan fingerprint density at radius 1 is 0.957 bits per heavy atom. The Kier molecular flexibility index (Phi) is 4.43. The van der Waals surface area contributed by atoms with Crippen LogP contribution in [0.5, 0.6) is 0 Å². The summed E-state index contributed by atoms with van der Waals surface area (Å²) in [6.07, 6.45) is 3.97. The first-order chi connectivity index (χ1) is 11.2. The van der Waals surface area contributed by atoms with Crippen LogP contribution in [0.25, 0.3) is 5.69 Å². The molecule has 2 aromatic carbocycles. The molecule has 0 saturated heterocycles. The second-order valence-electron chi connectivity index (χ2n) is 5.37. The largest absolute Gasteiger partial charge is 0.334 e. The predicted octanol–water partition coefficient (Wildman–Crippen LogP) is 4.11. The van der Waals surface area contributed by atoms with Gasteiger partial charge in [0.1, 0.15) is 0 Å². The molecule has 2 N–H and O–H groups in total. The third-order valence-corrected chi connectivity index (χ3v) is 3.73. The summed E-state index contributed by atoms with van der Waals surface area (Å²) in [6, 6.07) is 19.5. The lowest BCUT2D eigenvalue weighted by Gasteiger charge is -2.10. The van der Waals surface area contributed by atoms with Gasteiger partial charge in [0.25, 0.3) is 0 Å². The van der Waals surface area contributed by atoms with E-state index in [0.29, 0.717) is 6.54 Å². The normalized spacial score (nSPS) is 10.3. The van der Waals surface area contributed by atoms with Crippen molar-refractivity contribution in [2.45, 2.75) is 13.5 Å². The molecule has 1 aromatic heterocycles. The minimum atomic E-state index is -0.207. The smallest absolute Gasteiger partial charge is 0.319 e. The second-order valence-corrected chi connectivity index (χ2v) is 5.37. The molecular weight excluding hydrogens is 286 g/mol.